The Hall–Kier alpha value is -2.04. The van der Waals surface area contributed by atoms with E-state index in [1.54, 1.807) is 0 Å². The number of carboxylic acid groups (broad SMARTS) is 1. The van der Waals surface area contributed by atoms with Gasteiger partial charge in [-0.05, 0) is 24.3 Å². The van der Waals surface area contributed by atoms with Crippen LogP contribution in [0.2, 0.25) is 0 Å². The van der Waals surface area contributed by atoms with Crippen molar-refractivity contribution in [1.29, 1.82) is 0 Å². The van der Waals surface area contributed by atoms with Crippen molar-refractivity contribution in [2.24, 2.45) is 5.92 Å². The van der Waals surface area contributed by atoms with Gasteiger partial charge in [-0.3, -0.25) is 4.79 Å². The van der Waals surface area contributed by atoms with Gasteiger partial charge in [-0.15, -0.1) is 0 Å². The summed E-state index contributed by atoms with van der Waals surface area (Å²) >= 11 is 0. The molecule has 1 saturated carbocycles. The second kappa shape index (κ2) is 8.41. The summed E-state index contributed by atoms with van der Waals surface area (Å²) in [7, 11) is 0. The second-order valence-corrected chi connectivity index (χ2v) is 5.81. The Labute approximate surface area is 130 Å². The topological polar surface area (TPSA) is 75.6 Å². The van der Waals surface area contributed by atoms with E-state index >= 15 is 0 Å². The highest BCUT2D eigenvalue weighted by Gasteiger charge is 2.27. The number of ether oxygens (including phenoxy) is 1. The molecule has 1 aliphatic carbocycles. The third-order valence-electron chi connectivity index (χ3n) is 4.11. The molecule has 0 radical (unpaired) electrons. The van der Waals surface area contributed by atoms with Crippen molar-refractivity contribution in [2.75, 3.05) is 0 Å². The number of aliphatic carboxylic acids is 1. The van der Waals surface area contributed by atoms with Gasteiger partial charge in [0.15, 0.2) is 0 Å². The molecule has 1 amide bonds. The van der Waals surface area contributed by atoms with Crippen LogP contribution in [0.4, 0.5) is 4.79 Å². The lowest BCUT2D eigenvalue weighted by atomic mass is 9.91. The van der Waals surface area contributed by atoms with Gasteiger partial charge < -0.3 is 15.2 Å². The molecule has 2 unspecified atom stereocenters. The van der Waals surface area contributed by atoms with E-state index in [4.69, 9.17) is 9.84 Å². The van der Waals surface area contributed by atoms with Crippen molar-refractivity contribution in [3.8, 4) is 0 Å². The van der Waals surface area contributed by atoms with Crippen LogP contribution in [0.5, 0.6) is 0 Å². The Kier molecular flexibility index (Phi) is 6.25. The number of nitrogens with one attached hydrogen (secondary N) is 1. The van der Waals surface area contributed by atoms with Crippen molar-refractivity contribution in [1.82, 2.24) is 5.32 Å². The molecule has 0 spiro atoms. The largest absolute Gasteiger partial charge is 0.481 e. The molecule has 0 saturated heterocycles. The molecule has 1 aliphatic rings. The molecule has 1 aromatic carbocycles. The highest BCUT2D eigenvalue weighted by atomic mass is 16.5. The fraction of sp³-hybridized carbons (Fsp3) is 0.529. The summed E-state index contributed by atoms with van der Waals surface area (Å²) < 4.78 is 5.23. The van der Waals surface area contributed by atoms with E-state index in [9.17, 15) is 9.59 Å². The van der Waals surface area contributed by atoms with Crippen molar-refractivity contribution in [2.45, 2.75) is 51.2 Å². The minimum atomic E-state index is -0.809. The monoisotopic (exact) mass is 305 g/mol. The number of carbonyl (C=O) groups excluding carboxylic acids is 1. The van der Waals surface area contributed by atoms with E-state index in [1.165, 1.54) is 0 Å². The van der Waals surface area contributed by atoms with Crippen LogP contribution in [0.3, 0.4) is 0 Å². The fourth-order valence-corrected chi connectivity index (χ4v) is 2.96. The quantitative estimate of drug-likeness (QED) is 0.818. The predicted molar refractivity (Wildman–Crippen MR) is 82.4 cm³/mol. The van der Waals surface area contributed by atoms with E-state index < -0.39 is 12.1 Å². The Bertz CT molecular complexity index is 489. The zero-order valence-electron chi connectivity index (χ0n) is 12.7. The highest BCUT2D eigenvalue weighted by molar-refractivity contribution is 5.69. The summed E-state index contributed by atoms with van der Waals surface area (Å²) in [6, 6.07) is 9.38. The summed E-state index contributed by atoms with van der Waals surface area (Å²) in [6.07, 6.45) is 4.42. The van der Waals surface area contributed by atoms with Crippen LogP contribution in [0.25, 0.3) is 0 Å². The second-order valence-electron chi connectivity index (χ2n) is 5.81. The van der Waals surface area contributed by atoms with Crippen LogP contribution >= 0.6 is 0 Å². The summed E-state index contributed by atoms with van der Waals surface area (Å²) in [5, 5.41) is 11.9. The van der Waals surface area contributed by atoms with E-state index in [0.717, 1.165) is 37.7 Å². The number of hydrogen-bond acceptors (Lipinski definition) is 3. The van der Waals surface area contributed by atoms with Crippen LogP contribution in [-0.4, -0.2) is 23.2 Å². The Morgan fingerprint density at radius 3 is 2.59 bits per heavy atom. The first-order valence-corrected chi connectivity index (χ1v) is 7.84. The maximum Gasteiger partial charge on any atom is 0.407 e. The minimum Gasteiger partial charge on any atom is -0.481 e. The number of rotatable bonds is 5. The molecular weight excluding hydrogens is 282 g/mol. The molecule has 2 atom stereocenters. The van der Waals surface area contributed by atoms with E-state index in [2.05, 4.69) is 5.32 Å². The SMILES string of the molecule is O=C(O)CC1CCCCCC1NC(=O)OCc1ccccc1. The smallest absolute Gasteiger partial charge is 0.407 e. The molecule has 2 rings (SSSR count). The van der Waals surface area contributed by atoms with Crippen molar-refractivity contribution < 1.29 is 19.4 Å². The number of benzene rings is 1. The average Bonchev–Trinajstić information content (AvgIpc) is 2.71. The van der Waals surface area contributed by atoms with Gasteiger partial charge >= 0.3 is 12.1 Å². The first-order valence-electron chi connectivity index (χ1n) is 7.84. The van der Waals surface area contributed by atoms with Gasteiger partial charge in [-0.2, -0.15) is 0 Å². The molecule has 0 heterocycles. The van der Waals surface area contributed by atoms with E-state index in [1.807, 2.05) is 30.3 Å². The van der Waals surface area contributed by atoms with Crippen LogP contribution in [0.15, 0.2) is 30.3 Å². The summed E-state index contributed by atoms with van der Waals surface area (Å²) in [4.78, 5) is 22.9. The van der Waals surface area contributed by atoms with Gasteiger partial charge in [-0.25, -0.2) is 4.79 Å². The number of carbonyl (C=O) groups is 2. The van der Waals surface area contributed by atoms with Crippen LogP contribution < -0.4 is 5.32 Å². The third-order valence-corrected chi connectivity index (χ3v) is 4.11. The van der Waals surface area contributed by atoms with Gasteiger partial charge in [0.25, 0.3) is 0 Å². The van der Waals surface area contributed by atoms with Gasteiger partial charge in [0, 0.05) is 6.04 Å². The summed E-state index contributed by atoms with van der Waals surface area (Å²) in [5.41, 5.74) is 0.931. The molecule has 0 aliphatic heterocycles. The van der Waals surface area contributed by atoms with Gasteiger partial charge in [0.05, 0.1) is 6.42 Å². The third kappa shape index (κ3) is 5.39. The first-order chi connectivity index (χ1) is 10.6. The fourth-order valence-electron chi connectivity index (χ4n) is 2.96. The lowest BCUT2D eigenvalue weighted by Gasteiger charge is -2.24. The molecular formula is C17H23NO4. The Morgan fingerprint density at radius 1 is 1.14 bits per heavy atom. The van der Waals surface area contributed by atoms with Crippen LogP contribution in [-0.2, 0) is 16.1 Å². The van der Waals surface area contributed by atoms with Crippen molar-refractivity contribution in [3.05, 3.63) is 35.9 Å². The first kappa shape index (κ1) is 16.3. The summed E-state index contributed by atoms with van der Waals surface area (Å²) in [5.74, 6) is -0.819. The summed E-state index contributed by atoms with van der Waals surface area (Å²) in [6.45, 7) is 0.225. The lowest BCUT2D eigenvalue weighted by molar-refractivity contribution is -0.138. The number of amides is 1. The highest BCUT2D eigenvalue weighted by Crippen LogP contribution is 2.26. The molecule has 1 aromatic rings. The maximum absolute atomic E-state index is 11.9. The molecule has 0 bridgehead atoms. The average molecular weight is 305 g/mol. The Morgan fingerprint density at radius 2 is 1.86 bits per heavy atom. The zero-order chi connectivity index (χ0) is 15.8. The van der Waals surface area contributed by atoms with Crippen molar-refractivity contribution in [3.63, 3.8) is 0 Å². The lowest BCUT2D eigenvalue weighted by Crippen LogP contribution is -2.40. The van der Waals surface area contributed by atoms with Crippen LogP contribution in [0.1, 0.15) is 44.1 Å². The van der Waals surface area contributed by atoms with Gasteiger partial charge in [0.1, 0.15) is 6.61 Å². The normalized spacial score (nSPS) is 21.6. The molecule has 22 heavy (non-hydrogen) atoms. The van der Waals surface area contributed by atoms with E-state index in [0.29, 0.717) is 0 Å². The maximum atomic E-state index is 11.9. The molecule has 120 valence electrons. The number of carboxylic acids is 1. The molecule has 0 aromatic heterocycles. The Balaban J connectivity index is 1.85. The molecule has 5 nitrogen and oxygen atoms in total. The zero-order valence-corrected chi connectivity index (χ0v) is 12.7. The standard InChI is InChI=1S/C17H23NO4/c19-16(20)11-14-9-5-2-6-10-15(14)18-17(21)22-12-13-7-3-1-4-8-13/h1,3-4,7-8,14-15H,2,5-6,9-12H2,(H,18,21)(H,19,20). The predicted octanol–water partition coefficient (Wildman–Crippen LogP) is 3.34. The number of alkyl carbamates (subject to hydrolysis) is 1. The van der Waals surface area contributed by atoms with E-state index in [-0.39, 0.29) is 25.0 Å². The molecule has 5 heteroatoms. The minimum absolute atomic E-state index is 0.00993. The van der Waals surface area contributed by atoms with Gasteiger partial charge in [-0.1, -0.05) is 49.6 Å². The number of hydrogen-bond donors (Lipinski definition) is 2. The van der Waals surface area contributed by atoms with Crippen LogP contribution in [0, 0.1) is 5.92 Å². The van der Waals surface area contributed by atoms with Gasteiger partial charge in [0.2, 0.25) is 0 Å². The molecule has 1 fully saturated rings. The molecule has 2 N–H and O–H groups in total. The van der Waals surface area contributed by atoms with Crippen molar-refractivity contribution >= 4 is 12.1 Å².